The molecule has 6 heteroatoms. The molecule has 0 saturated heterocycles. The highest BCUT2D eigenvalue weighted by molar-refractivity contribution is 7.89. The molecule has 118 valence electrons. The lowest BCUT2D eigenvalue weighted by Crippen LogP contribution is -2.33. The Labute approximate surface area is 126 Å². The fraction of sp³-hybridized carbons (Fsp3) is 0.600. The molecule has 0 aromatic heterocycles. The van der Waals surface area contributed by atoms with Gasteiger partial charge in [0.2, 0.25) is 10.0 Å². The second-order valence-corrected chi connectivity index (χ2v) is 7.28. The van der Waals surface area contributed by atoms with Gasteiger partial charge in [-0.1, -0.05) is 13.8 Å². The van der Waals surface area contributed by atoms with Gasteiger partial charge < -0.3 is 5.32 Å². The molecule has 1 aromatic carbocycles. The van der Waals surface area contributed by atoms with E-state index in [0.717, 1.165) is 19.4 Å². The van der Waals surface area contributed by atoms with Crippen LogP contribution in [0, 0.1) is 12.7 Å². The van der Waals surface area contributed by atoms with E-state index in [0.29, 0.717) is 18.7 Å². The van der Waals surface area contributed by atoms with Crippen LogP contribution < -0.4 is 5.32 Å². The number of rotatable bonds is 7. The van der Waals surface area contributed by atoms with Gasteiger partial charge in [-0.05, 0) is 44.0 Å². The van der Waals surface area contributed by atoms with Crippen molar-refractivity contribution in [3.63, 3.8) is 0 Å². The summed E-state index contributed by atoms with van der Waals surface area (Å²) in [6.45, 7) is 6.94. The summed E-state index contributed by atoms with van der Waals surface area (Å²) in [6, 6.07) is 3.09. The van der Waals surface area contributed by atoms with E-state index in [4.69, 9.17) is 0 Å². The fourth-order valence-corrected chi connectivity index (χ4v) is 4.44. The molecule has 21 heavy (non-hydrogen) atoms. The third-order valence-corrected chi connectivity index (χ3v) is 5.94. The van der Waals surface area contributed by atoms with Crippen molar-refractivity contribution < 1.29 is 12.8 Å². The van der Waals surface area contributed by atoms with Crippen LogP contribution in [0.1, 0.15) is 37.8 Å². The summed E-state index contributed by atoms with van der Waals surface area (Å²) in [4.78, 5) is 0.101. The molecule has 0 amide bonds. The van der Waals surface area contributed by atoms with Gasteiger partial charge in [-0.15, -0.1) is 0 Å². The Bertz CT molecular complexity index is 612. The lowest BCUT2D eigenvalue weighted by atomic mass is 10.1. The average Bonchev–Trinajstić information content (AvgIpc) is 3.24. The van der Waals surface area contributed by atoms with E-state index in [-0.39, 0.29) is 16.5 Å². The number of nitrogens with one attached hydrogen (secondary N) is 1. The number of hydrogen-bond acceptors (Lipinski definition) is 3. The van der Waals surface area contributed by atoms with Crippen LogP contribution in [-0.2, 0) is 16.6 Å². The summed E-state index contributed by atoms with van der Waals surface area (Å²) in [6.07, 6.45) is 1.79. The van der Waals surface area contributed by atoms with E-state index in [1.54, 1.807) is 6.07 Å². The first-order valence-electron chi connectivity index (χ1n) is 7.43. The predicted molar refractivity (Wildman–Crippen MR) is 81.1 cm³/mol. The van der Waals surface area contributed by atoms with Crippen LogP contribution in [0.5, 0.6) is 0 Å². The van der Waals surface area contributed by atoms with Crippen molar-refractivity contribution in [3.05, 3.63) is 29.1 Å². The Morgan fingerprint density at radius 1 is 1.33 bits per heavy atom. The first-order valence-corrected chi connectivity index (χ1v) is 8.87. The van der Waals surface area contributed by atoms with E-state index in [9.17, 15) is 12.8 Å². The van der Waals surface area contributed by atoms with Crippen LogP contribution in [0.4, 0.5) is 4.39 Å². The quantitative estimate of drug-likeness (QED) is 0.841. The van der Waals surface area contributed by atoms with Crippen molar-refractivity contribution in [2.45, 2.75) is 51.1 Å². The third kappa shape index (κ3) is 3.44. The second-order valence-electron chi connectivity index (χ2n) is 5.42. The molecule has 1 aromatic rings. The summed E-state index contributed by atoms with van der Waals surface area (Å²) in [5.41, 5.74) is 0.861. The largest absolute Gasteiger partial charge is 0.313 e. The maximum absolute atomic E-state index is 14.1. The van der Waals surface area contributed by atoms with Gasteiger partial charge in [0.1, 0.15) is 5.82 Å². The molecule has 1 fully saturated rings. The molecule has 1 aliphatic carbocycles. The first kappa shape index (κ1) is 16.4. The van der Waals surface area contributed by atoms with Crippen molar-refractivity contribution in [3.8, 4) is 0 Å². The van der Waals surface area contributed by atoms with E-state index in [2.05, 4.69) is 5.32 Å². The van der Waals surface area contributed by atoms with Crippen molar-refractivity contribution in [1.82, 2.24) is 9.62 Å². The van der Waals surface area contributed by atoms with Crippen LogP contribution in [0.3, 0.4) is 0 Å². The van der Waals surface area contributed by atoms with Crippen molar-refractivity contribution in [2.75, 3.05) is 13.1 Å². The highest BCUT2D eigenvalue weighted by Crippen LogP contribution is 2.33. The standard InChI is InChI=1S/C15H23FN2O2S/c1-4-17-10-12-8-14(16)11(3)15(9-12)21(19,20)18(5-2)13-6-7-13/h8-9,13,17H,4-7,10H2,1-3H3. The highest BCUT2D eigenvalue weighted by Gasteiger charge is 2.38. The van der Waals surface area contributed by atoms with Crippen LogP contribution in [0.2, 0.25) is 0 Å². The van der Waals surface area contributed by atoms with Gasteiger partial charge in [0.05, 0.1) is 4.90 Å². The maximum atomic E-state index is 14.1. The van der Waals surface area contributed by atoms with E-state index < -0.39 is 15.8 Å². The number of hydrogen-bond donors (Lipinski definition) is 1. The lowest BCUT2D eigenvalue weighted by Gasteiger charge is -2.22. The molecule has 0 atom stereocenters. The van der Waals surface area contributed by atoms with E-state index >= 15 is 0 Å². The number of benzene rings is 1. The van der Waals surface area contributed by atoms with Gasteiger partial charge in [0, 0.05) is 24.7 Å². The monoisotopic (exact) mass is 314 g/mol. The van der Waals surface area contributed by atoms with E-state index in [1.165, 1.54) is 17.3 Å². The maximum Gasteiger partial charge on any atom is 0.243 e. The smallest absolute Gasteiger partial charge is 0.243 e. The molecule has 0 bridgehead atoms. The molecular formula is C15H23FN2O2S. The zero-order valence-corrected chi connectivity index (χ0v) is 13.6. The minimum absolute atomic E-state index is 0.0832. The average molecular weight is 314 g/mol. The summed E-state index contributed by atoms with van der Waals surface area (Å²) in [7, 11) is -3.62. The summed E-state index contributed by atoms with van der Waals surface area (Å²) < 4.78 is 41.1. The van der Waals surface area contributed by atoms with Crippen LogP contribution in [-0.4, -0.2) is 31.9 Å². The van der Waals surface area contributed by atoms with Crippen LogP contribution in [0.25, 0.3) is 0 Å². The number of nitrogens with zero attached hydrogens (tertiary/aromatic N) is 1. The SMILES string of the molecule is CCNCc1cc(F)c(C)c(S(=O)(=O)N(CC)C2CC2)c1. The minimum Gasteiger partial charge on any atom is -0.313 e. The molecule has 1 N–H and O–H groups in total. The molecular weight excluding hydrogens is 291 g/mol. The van der Waals surface area contributed by atoms with E-state index in [1.807, 2.05) is 13.8 Å². The fourth-order valence-electron chi connectivity index (χ4n) is 2.46. The minimum atomic E-state index is -3.62. The highest BCUT2D eigenvalue weighted by atomic mass is 32.2. The summed E-state index contributed by atoms with van der Waals surface area (Å²) in [5.74, 6) is -0.462. The van der Waals surface area contributed by atoms with Crippen molar-refractivity contribution >= 4 is 10.0 Å². The Morgan fingerprint density at radius 3 is 2.52 bits per heavy atom. The molecule has 0 radical (unpaired) electrons. The zero-order valence-electron chi connectivity index (χ0n) is 12.8. The molecule has 2 rings (SSSR count). The van der Waals surface area contributed by atoms with Gasteiger partial charge in [-0.3, -0.25) is 0 Å². The lowest BCUT2D eigenvalue weighted by molar-refractivity contribution is 0.420. The normalized spacial score (nSPS) is 15.7. The van der Waals surface area contributed by atoms with Crippen molar-refractivity contribution in [1.29, 1.82) is 0 Å². The molecule has 0 spiro atoms. The molecule has 0 unspecified atom stereocenters. The first-order chi connectivity index (χ1) is 9.91. The third-order valence-electron chi connectivity index (χ3n) is 3.79. The second kappa shape index (κ2) is 6.42. The van der Waals surface area contributed by atoms with Gasteiger partial charge in [-0.25, -0.2) is 12.8 Å². The van der Waals surface area contributed by atoms with Crippen LogP contribution >= 0.6 is 0 Å². The Hall–Kier alpha value is -0.980. The Kier molecular flexibility index (Phi) is 5.01. The predicted octanol–water partition coefficient (Wildman–Crippen LogP) is 2.42. The van der Waals surface area contributed by atoms with Gasteiger partial charge in [0.15, 0.2) is 0 Å². The summed E-state index contributed by atoms with van der Waals surface area (Å²) >= 11 is 0. The number of sulfonamides is 1. The van der Waals surface area contributed by atoms with Gasteiger partial charge >= 0.3 is 0 Å². The number of halogens is 1. The van der Waals surface area contributed by atoms with Gasteiger partial charge in [-0.2, -0.15) is 4.31 Å². The Morgan fingerprint density at radius 2 is 2.00 bits per heavy atom. The molecule has 0 heterocycles. The van der Waals surface area contributed by atoms with Crippen molar-refractivity contribution in [2.24, 2.45) is 0 Å². The zero-order chi connectivity index (χ0) is 15.6. The van der Waals surface area contributed by atoms with Crippen LogP contribution in [0.15, 0.2) is 17.0 Å². The molecule has 4 nitrogen and oxygen atoms in total. The van der Waals surface area contributed by atoms with Gasteiger partial charge in [0.25, 0.3) is 0 Å². The molecule has 1 saturated carbocycles. The molecule has 0 aliphatic heterocycles. The Balaban J connectivity index is 2.43. The summed E-state index contributed by atoms with van der Waals surface area (Å²) in [5, 5.41) is 3.09. The topological polar surface area (TPSA) is 49.4 Å². The molecule has 1 aliphatic rings.